The van der Waals surface area contributed by atoms with Gasteiger partial charge in [0.25, 0.3) is 0 Å². The first-order chi connectivity index (χ1) is 9.97. The van der Waals surface area contributed by atoms with Crippen molar-refractivity contribution >= 4 is 39.8 Å². The van der Waals surface area contributed by atoms with Crippen molar-refractivity contribution in [1.82, 2.24) is 0 Å². The SMILES string of the molecule is CC(=O)CS(=O)C(c1cccc(Cl)c1)c1cccc(Cl)c1. The van der Waals surface area contributed by atoms with Crippen LogP contribution in [0, 0.1) is 0 Å². The van der Waals surface area contributed by atoms with Crippen LogP contribution in [0.25, 0.3) is 0 Å². The highest BCUT2D eigenvalue weighted by molar-refractivity contribution is 7.86. The number of Topliss-reactive ketones (excluding diaryl/α,β-unsaturated/α-hetero) is 1. The van der Waals surface area contributed by atoms with E-state index in [2.05, 4.69) is 0 Å². The number of hydrogen-bond donors (Lipinski definition) is 0. The van der Waals surface area contributed by atoms with Crippen molar-refractivity contribution in [1.29, 1.82) is 0 Å². The lowest BCUT2D eigenvalue weighted by Crippen LogP contribution is -2.15. The van der Waals surface area contributed by atoms with E-state index in [1.54, 1.807) is 36.4 Å². The van der Waals surface area contributed by atoms with Gasteiger partial charge in [0.05, 0.1) is 11.0 Å². The average Bonchev–Trinajstić information content (AvgIpc) is 2.38. The van der Waals surface area contributed by atoms with Gasteiger partial charge in [0.2, 0.25) is 0 Å². The van der Waals surface area contributed by atoms with E-state index >= 15 is 0 Å². The third kappa shape index (κ3) is 4.40. The van der Waals surface area contributed by atoms with E-state index in [4.69, 9.17) is 23.2 Å². The fourth-order valence-corrected chi connectivity index (χ4v) is 3.98. The fraction of sp³-hybridized carbons (Fsp3) is 0.188. The normalized spacial score (nSPS) is 12.4. The number of carbonyl (C=O) groups is 1. The highest BCUT2D eigenvalue weighted by Gasteiger charge is 2.22. The van der Waals surface area contributed by atoms with Crippen molar-refractivity contribution in [3.63, 3.8) is 0 Å². The lowest BCUT2D eigenvalue weighted by Gasteiger charge is -2.17. The van der Waals surface area contributed by atoms with Crippen LogP contribution in [0.5, 0.6) is 0 Å². The molecule has 0 radical (unpaired) electrons. The Hall–Kier alpha value is -1.16. The van der Waals surface area contributed by atoms with E-state index in [0.29, 0.717) is 10.0 Å². The second-order valence-electron chi connectivity index (χ2n) is 4.72. The van der Waals surface area contributed by atoms with Gasteiger partial charge in [0, 0.05) is 20.8 Å². The summed E-state index contributed by atoms with van der Waals surface area (Å²) in [5.41, 5.74) is 1.62. The van der Waals surface area contributed by atoms with Gasteiger partial charge < -0.3 is 0 Å². The van der Waals surface area contributed by atoms with E-state index in [1.165, 1.54) is 6.92 Å². The van der Waals surface area contributed by atoms with Gasteiger partial charge in [-0.25, -0.2) is 0 Å². The molecule has 0 saturated carbocycles. The van der Waals surface area contributed by atoms with Crippen molar-refractivity contribution in [3.05, 3.63) is 69.7 Å². The van der Waals surface area contributed by atoms with Crippen LogP contribution in [-0.4, -0.2) is 15.7 Å². The lowest BCUT2D eigenvalue weighted by molar-refractivity contribution is -0.114. The van der Waals surface area contributed by atoms with E-state index < -0.39 is 16.0 Å². The molecule has 0 bridgehead atoms. The highest BCUT2D eigenvalue weighted by Crippen LogP contribution is 2.31. The van der Waals surface area contributed by atoms with E-state index in [-0.39, 0.29) is 11.5 Å². The van der Waals surface area contributed by atoms with Gasteiger partial charge in [-0.05, 0) is 42.3 Å². The Morgan fingerprint density at radius 1 is 1.05 bits per heavy atom. The number of rotatable bonds is 5. The molecule has 0 aliphatic heterocycles. The molecule has 2 aromatic rings. The Kier molecular flexibility index (Phi) is 5.57. The smallest absolute Gasteiger partial charge is 0.142 e. The fourth-order valence-electron chi connectivity index (χ4n) is 2.12. The maximum atomic E-state index is 12.6. The van der Waals surface area contributed by atoms with Crippen molar-refractivity contribution in [3.8, 4) is 0 Å². The second-order valence-corrected chi connectivity index (χ2v) is 7.11. The molecule has 2 aromatic carbocycles. The monoisotopic (exact) mass is 340 g/mol. The van der Waals surface area contributed by atoms with Gasteiger partial charge in [-0.2, -0.15) is 0 Å². The molecule has 0 saturated heterocycles. The molecule has 0 N–H and O–H groups in total. The molecule has 0 fully saturated rings. The largest absolute Gasteiger partial charge is 0.299 e. The van der Waals surface area contributed by atoms with Gasteiger partial charge in [-0.1, -0.05) is 47.5 Å². The van der Waals surface area contributed by atoms with Crippen LogP contribution in [0.4, 0.5) is 0 Å². The molecule has 0 spiro atoms. The van der Waals surface area contributed by atoms with Gasteiger partial charge in [-0.3, -0.25) is 9.00 Å². The number of benzene rings is 2. The minimum absolute atomic E-state index is 0.00366. The quantitative estimate of drug-likeness (QED) is 0.807. The molecule has 2 nitrogen and oxygen atoms in total. The lowest BCUT2D eigenvalue weighted by atomic mass is 10.0. The summed E-state index contributed by atoms with van der Waals surface area (Å²) in [5.74, 6) is -0.105. The topological polar surface area (TPSA) is 34.1 Å². The van der Waals surface area contributed by atoms with Crippen LogP contribution in [0.15, 0.2) is 48.5 Å². The van der Waals surface area contributed by atoms with Gasteiger partial charge in [-0.15, -0.1) is 0 Å². The molecular formula is C16H14Cl2O2S. The van der Waals surface area contributed by atoms with Crippen LogP contribution < -0.4 is 0 Å². The van der Waals surface area contributed by atoms with E-state index in [0.717, 1.165) is 11.1 Å². The highest BCUT2D eigenvalue weighted by atomic mass is 35.5. The summed E-state index contributed by atoms with van der Waals surface area (Å²) in [6.07, 6.45) is 0. The van der Waals surface area contributed by atoms with Crippen molar-refractivity contribution in [2.75, 3.05) is 5.75 Å². The molecule has 0 heterocycles. The Bertz CT molecular complexity index is 640. The third-order valence-corrected chi connectivity index (χ3v) is 5.14. The zero-order valence-electron chi connectivity index (χ0n) is 11.4. The molecule has 5 heteroatoms. The molecule has 21 heavy (non-hydrogen) atoms. The van der Waals surface area contributed by atoms with Crippen molar-refractivity contribution < 1.29 is 9.00 Å². The van der Waals surface area contributed by atoms with Crippen molar-refractivity contribution in [2.45, 2.75) is 12.2 Å². The Morgan fingerprint density at radius 2 is 1.52 bits per heavy atom. The van der Waals surface area contributed by atoms with Crippen LogP contribution in [0.2, 0.25) is 10.0 Å². The predicted octanol–water partition coefficient (Wildman–Crippen LogP) is 4.42. The Balaban J connectivity index is 2.48. The molecular weight excluding hydrogens is 327 g/mol. The standard InChI is InChI=1S/C16H14Cl2O2S/c1-11(19)10-21(20)16(12-4-2-6-14(17)8-12)13-5-3-7-15(18)9-13/h2-9,16H,10H2,1H3. The summed E-state index contributed by atoms with van der Waals surface area (Å²) >= 11 is 12.1. The first-order valence-corrected chi connectivity index (χ1v) is 8.48. The summed E-state index contributed by atoms with van der Waals surface area (Å²) in [6.45, 7) is 1.44. The summed E-state index contributed by atoms with van der Waals surface area (Å²) in [7, 11) is -1.37. The third-order valence-electron chi connectivity index (χ3n) is 2.91. The zero-order chi connectivity index (χ0) is 15.4. The summed E-state index contributed by atoms with van der Waals surface area (Å²) in [4.78, 5) is 11.3. The van der Waals surface area contributed by atoms with Gasteiger partial charge in [0.15, 0.2) is 0 Å². The molecule has 2 rings (SSSR count). The molecule has 0 aromatic heterocycles. The van der Waals surface area contributed by atoms with Crippen LogP contribution >= 0.6 is 23.2 Å². The predicted molar refractivity (Wildman–Crippen MR) is 88.4 cm³/mol. The zero-order valence-corrected chi connectivity index (χ0v) is 13.7. The number of ketones is 1. The van der Waals surface area contributed by atoms with E-state index in [1.807, 2.05) is 12.1 Å². The Labute approximate surface area is 136 Å². The maximum Gasteiger partial charge on any atom is 0.142 e. The second kappa shape index (κ2) is 7.21. The average molecular weight is 341 g/mol. The van der Waals surface area contributed by atoms with E-state index in [9.17, 15) is 9.00 Å². The minimum atomic E-state index is -1.37. The van der Waals surface area contributed by atoms with Crippen LogP contribution in [0.1, 0.15) is 23.3 Å². The van der Waals surface area contributed by atoms with Crippen molar-refractivity contribution in [2.24, 2.45) is 0 Å². The number of hydrogen-bond acceptors (Lipinski definition) is 2. The van der Waals surface area contributed by atoms with Crippen LogP contribution in [-0.2, 0) is 15.6 Å². The molecule has 110 valence electrons. The van der Waals surface area contributed by atoms with Gasteiger partial charge >= 0.3 is 0 Å². The summed E-state index contributed by atoms with van der Waals surface area (Å²) in [5, 5.41) is 0.713. The first-order valence-electron chi connectivity index (χ1n) is 6.35. The molecule has 0 amide bonds. The summed E-state index contributed by atoms with van der Waals surface area (Å²) < 4.78 is 12.6. The molecule has 1 unspecified atom stereocenters. The molecule has 0 aliphatic carbocycles. The molecule has 1 atom stereocenters. The molecule has 0 aliphatic rings. The first kappa shape index (κ1) is 16.2. The number of carbonyl (C=O) groups excluding carboxylic acids is 1. The van der Waals surface area contributed by atoms with Crippen LogP contribution in [0.3, 0.4) is 0 Å². The summed E-state index contributed by atoms with van der Waals surface area (Å²) in [6, 6.07) is 14.4. The maximum absolute atomic E-state index is 12.6. The Morgan fingerprint density at radius 3 is 1.90 bits per heavy atom. The van der Waals surface area contributed by atoms with Gasteiger partial charge in [0.1, 0.15) is 5.78 Å². The minimum Gasteiger partial charge on any atom is -0.299 e. The number of halogens is 2.